The highest BCUT2D eigenvalue weighted by molar-refractivity contribution is 7.98. The van der Waals surface area contributed by atoms with Gasteiger partial charge >= 0.3 is 0 Å². The molecule has 0 amide bonds. The van der Waals surface area contributed by atoms with E-state index in [1.807, 2.05) is 6.08 Å². The number of pyridine rings is 1. The van der Waals surface area contributed by atoms with E-state index in [2.05, 4.69) is 34.0 Å². The lowest BCUT2D eigenvalue weighted by molar-refractivity contribution is 0.145. The lowest BCUT2D eigenvalue weighted by Gasteiger charge is -2.08. The molecule has 0 aliphatic heterocycles. The van der Waals surface area contributed by atoms with Gasteiger partial charge in [-0.05, 0) is 18.6 Å². The van der Waals surface area contributed by atoms with Crippen LogP contribution in [0.15, 0.2) is 53.3 Å². The molecule has 0 aliphatic carbocycles. The first-order chi connectivity index (χ1) is 13.5. The van der Waals surface area contributed by atoms with Crippen LogP contribution < -0.4 is 17.0 Å². The number of alkyl halides is 2. The number of rotatable bonds is 9. The second-order valence-electron chi connectivity index (χ2n) is 5.69. The highest BCUT2D eigenvalue weighted by Crippen LogP contribution is 2.32. The molecule has 0 saturated carbocycles. The van der Waals surface area contributed by atoms with E-state index in [1.54, 1.807) is 12.3 Å². The molecule has 7 nitrogen and oxygen atoms in total. The zero-order valence-corrected chi connectivity index (χ0v) is 16.3. The summed E-state index contributed by atoms with van der Waals surface area (Å²) in [6, 6.07) is 1.63. The summed E-state index contributed by atoms with van der Waals surface area (Å²) in [6.45, 7) is 5.74. The second kappa shape index (κ2) is 10.6. The Morgan fingerprint density at radius 3 is 2.93 bits per heavy atom. The summed E-state index contributed by atoms with van der Waals surface area (Å²) < 4.78 is 28.2. The monoisotopic (exact) mass is 407 g/mol. The van der Waals surface area contributed by atoms with Crippen LogP contribution >= 0.6 is 11.8 Å². The van der Waals surface area contributed by atoms with Crippen LogP contribution in [0, 0.1) is 0 Å². The van der Waals surface area contributed by atoms with Gasteiger partial charge < -0.3 is 11.2 Å². The summed E-state index contributed by atoms with van der Waals surface area (Å²) >= 11 is 1.30. The van der Waals surface area contributed by atoms with E-state index < -0.39 is 6.43 Å². The Morgan fingerprint density at radius 2 is 2.29 bits per heavy atom. The van der Waals surface area contributed by atoms with Gasteiger partial charge in [-0.25, -0.2) is 23.4 Å². The van der Waals surface area contributed by atoms with Crippen molar-refractivity contribution in [1.82, 2.24) is 14.8 Å². The molecular weight excluding hydrogens is 384 g/mol. The molecule has 2 heterocycles. The molecule has 0 saturated heterocycles. The normalized spacial score (nSPS) is 12.1. The lowest BCUT2D eigenvalue weighted by Crippen LogP contribution is -2.09. The number of nitrogens with zero attached hydrogens (tertiary/aromatic N) is 4. The van der Waals surface area contributed by atoms with Crippen LogP contribution in [-0.2, 0) is 5.75 Å². The first kappa shape index (κ1) is 21.6. The number of anilines is 2. The van der Waals surface area contributed by atoms with Crippen molar-refractivity contribution < 1.29 is 8.78 Å². The third-order valence-corrected chi connectivity index (χ3v) is 4.74. The van der Waals surface area contributed by atoms with E-state index in [0.717, 1.165) is 12.8 Å². The quantitative estimate of drug-likeness (QED) is 0.190. The van der Waals surface area contributed by atoms with Gasteiger partial charge in [-0.1, -0.05) is 26.0 Å². The van der Waals surface area contributed by atoms with Crippen molar-refractivity contribution in [3.05, 3.63) is 54.6 Å². The van der Waals surface area contributed by atoms with Gasteiger partial charge in [-0.3, -0.25) is 5.84 Å². The Morgan fingerprint density at radius 1 is 1.50 bits per heavy atom. The minimum Gasteiger partial charge on any atom is -0.384 e. The molecule has 0 atom stereocenters. The van der Waals surface area contributed by atoms with Crippen LogP contribution in [0.1, 0.15) is 37.4 Å². The molecule has 0 spiro atoms. The minimum atomic E-state index is -2.71. The third-order valence-electron chi connectivity index (χ3n) is 3.64. The van der Waals surface area contributed by atoms with Crippen LogP contribution in [0.5, 0.6) is 0 Å². The number of thioether (sulfide) groups is 1. The molecule has 0 aliphatic rings. The number of halogens is 2. The number of unbranched alkanes of at least 4 members (excludes halogenated alkanes) is 1. The predicted molar refractivity (Wildman–Crippen MR) is 110 cm³/mol. The number of aromatic nitrogens is 3. The van der Waals surface area contributed by atoms with Crippen LogP contribution in [-0.4, -0.2) is 20.6 Å². The summed E-state index contributed by atoms with van der Waals surface area (Å²) in [5, 5.41) is 3.99. The Hall–Kier alpha value is -2.72. The molecule has 0 bridgehead atoms. The molecule has 28 heavy (non-hydrogen) atoms. The van der Waals surface area contributed by atoms with Crippen molar-refractivity contribution >= 4 is 29.1 Å². The Kier molecular flexibility index (Phi) is 8.15. The fraction of sp³-hybridized carbons (Fsp3) is 0.278. The number of nitrogens with one attached hydrogen (secondary N) is 1. The van der Waals surface area contributed by atoms with Gasteiger partial charge in [0.15, 0.2) is 5.84 Å². The molecule has 0 radical (unpaired) electrons. The van der Waals surface area contributed by atoms with Gasteiger partial charge in [-0.2, -0.15) is 5.10 Å². The summed E-state index contributed by atoms with van der Waals surface area (Å²) in [5.74, 6) is 6.38. The van der Waals surface area contributed by atoms with E-state index in [1.165, 1.54) is 34.9 Å². The fourth-order valence-corrected chi connectivity index (χ4v) is 3.25. The molecular formula is C18H23F2N7S. The maximum absolute atomic E-state index is 13.5. The standard InChI is InChI=1S/C18H23F2N7S/c1-3-5-6-7-23-16(4-2)27-10-12(17(26-27)18(19)20)11-28-14-8-15(21)24-9-13(14)25-22/h4,6-10,18,25H,2-3,5,11,22H2,1H3,(H2,21,24)/b7-6-,23-16?. The Balaban J connectivity index is 2.27. The van der Waals surface area contributed by atoms with Crippen molar-refractivity contribution in [2.75, 3.05) is 11.2 Å². The first-order valence-corrected chi connectivity index (χ1v) is 9.55. The summed E-state index contributed by atoms with van der Waals surface area (Å²) in [6.07, 6.45) is 7.16. The van der Waals surface area contributed by atoms with Crippen LogP contribution in [0.3, 0.4) is 0 Å². The number of allylic oxidation sites excluding steroid dienone is 2. The number of aliphatic imine (C=N–C) groups is 1. The third kappa shape index (κ3) is 5.64. The van der Waals surface area contributed by atoms with E-state index in [-0.39, 0.29) is 11.4 Å². The van der Waals surface area contributed by atoms with Crippen molar-refractivity contribution in [2.24, 2.45) is 10.8 Å². The van der Waals surface area contributed by atoms with Gasteiger partial charge in [0.05, 0.1) is 11.9 Å². The second-order valence-corrected chi connectivity index (χ2v) is 6.71. The average Bonchev–Trinajstić information content (AvgIpc) is 3.11. The van der Waals surface area contributed by atoms with Gasteiger partial charge in [0.1, 0.15) is 11.5 Å². The molecule has 2 aromatic rings. The Bertz CT molecular complexity index is 862. The van der Waals surface area contributed by atoms with Gasteiger partial charge in [0.2, 0.25) is 0 Å². The van der Waals surface area contributed by atoms with Crippen molar-refractivity contribution in [1.29, 1.82) is 0 Å². The Labute approximate surface area is 166 Å². The maximum atomic E-state index is 13.5. The van der Waals surface area contributed by atoms with Crippen LogP contribution in [0.25, 0.3) is 0 Å². The maximum Gasteiger partial charge on any atom is 0.282 e. The van der Waals surface area contributed by atoms with Crippen LogP contribution in [0.2, 0.25) is 0 Å². The zero-order chi connectivity index (χ0) is 20.5. The summed E-state index contributed by atoms with van der Waals surface area (Å²) in [4.78, 5) is 8.88. The van der Waals surface area contributed by atoms with Crippen LogP contribution in [0.4, 0.5) is 20.3 Å². The fourth-order valence-electron chi connectivity index (χ4n) is 2.25. The molecule has 2 rings (SSSR count). The SMILES string of the molecule is C=CC(=N/C=C\CCC)n1cc(CSc2cc(N)ncc2NN)c(C(F)F)n1. The summed E-state index contributed by atoms with van der Waals surface area (Å²) in [5.41, 5.74) is 8.84. The molecule has 10 heteroatoms. The smallest absolute Gasteiger partial charge is 0.282 e. The molecule has 150 valence electrons. The number of nitrogens with two attached hydrogens (primary N) is 2. The number of hydrogen-bond donors (Lipinski definition) is 3. The highest BCUT2D eigenvalue weighted by Gasteiger charge is 2.20. The van der Waals surface area contributed by atoms with Gasteiger partial charge in [-0.15, -0.1) is 11.8 Å². The molecule has 5 N–H and O–H groups in total. The van der Waals surface area contributed by atoms with E-state index in [4.69, 9.17) is 11.6 Å². The van der Waals surface area contributed by atoms with Crippen molar-refractivity contribution in [3.63, 3.8) is 0 Å². The lowest BCUT2D eigenvalue weighted by atomic mass is 10.3. The largest absolute Gasteiger partial charge is 0.384 e. The molecule has 0 fully saturated rings. The first-order valence-electron chi connectivity index (χ1n) is 8.57. The van der Waals surface area contributed by atoms with Gasteiger partial charge in [0, 0.05) is 28.6 Å². The molecule has 0 unspecified atom stereocenters. The van der Waals surface area contributed by atoms with E-state index in [9.17, 15) is 8.78 Å². The minimum absolute atomic E-state index is 0.244. The van der Waals surface area contributed by atoms with Crippen molar-refractivity contribution in [2.45, 2.75) is 36.8 Å². The zero-order valence-electron chi connectivity index (χ0n) is 15.5. The molecule has 2 aromatic heterocycles. The van der Waals surface area contributed by atoms with E-state index >= 15 is 0 Å². The predicted octanol–water partition coefficient (Wildman–Crippen LogP) is 4.12. The summed E-state index contributed by atoms with van der Waals surface area (Å²) in [7, 11) is 0. The van der Waals surface area contributed by atoms with Crippen molar-refractivity contribution in [3.8, 4) is 0 Å². The number of hydrogen-bond acceptors (Lipinski definition) is 7. The molecule has 0 aromatic carbocycles. The number of hydrazine groups is 1. The van der Waals surface area contributed by atoms with Gasteiger partial charge in [0.25, 0.3) is 6.43 Å². The highest BCUT2D eigenvalue weighted by atomic mass is 32.2. The average molecular weight is 407 g/mol. The van der Waals surface area contributed by atoms with E-state index in [0.29, 0.717) is 27.8 Å². The number of nitrogen functional groups attached to an aromatic ring is 2. The topological polar surface area (TPSA) is 107 Å².